The van der Waals surface area contributed by atoms with Crippen LogP contribution in [0, 0.1) is 0 Å². The number of Topliss-reactive ketones (excluding diaryl/α,β-unsaturated/α-hetero) is 1. The van der Waals surface area contributed by atoms with Gasteiger partial charge in [0.15, 0.2) is 5.78 Å². The van der Waals surface area contributed by atoms with Crippen LogP contribution in [0.4, 0.5) is 0 Å². The fourth-order valence-corrected chi connectivity index (χ4v) is 3.94. The molecule has 0 amide bonds. The lowest BCUT2D eigenvalue weighted by molar-refractivity contribution is 0.0986. The van der Waals surface area contributed by atoms with Gasteiger partial charge in [0.25, 0.3) is 5.56 Å². The minimum atomic E-state index is -0.306. The van der Waals surface area contributed by atoms with Crippen LogP contribution in [-0.4, -0.2) is 25.0 Å². The molecule has 4 rings (SSSR count). The number of carbonyl (C=O) groups is 1. The summed E-state index contributed by atoms with van der Waals surface area (Å²) in [5, 5.41) is 9.37. The van der Waals surface area contributed by atoms with Crippen LogP contribution < -0.4 is 5.56 Å². The van der Waals surface area contributed by atoms with Crippen molar-refractivity contribution < 1.29 is 9.90 Å². The van der Waals surface area contributed by atoms with Gasteiger partial charge in [0.1, 0.15) is 5.75 Å². The molecule has 0 radical (unpaired) electrons. The number of ketones is 1. The number of benzene rings is 1. The van der Waals surface area contributed by atoms with Crippen molar-refractivity contribution >= 4 is 28.7 Å². The van der Waals surface area contributed by atoms with E-state index in [9.17, 15) is 14.7 Å². The molecule has 0 bridgehead atoms. The summed E-state index contributed by atoms with van der Waals surface area (Å²) in [5.74, 6) is -0.00499. The molecule has 29 heavy (non-hydrogen) atoms. The second-order valence-corrected chi connectivity index (χ2v) is 8.12. The predicted molar refractivity (Wildman–Crippen MR) is 113 cm³/mol. The average Bonchev–Trinajstić information content (AvgIpc) is 3.36. The van der Waals surface area contributed by atoms with E-state index in [1.165, 1.54) is 34.2 Å². The Bertz CT molecular complexity index is 1220. The molecule has 0 fully saturated rings. The number of imidazole rings is 1. The molecule has 146 valence electrons. The van der Waals surface area contributed by atoms with E-state index in [0.717, 1.165) is 11.4 Å². The van der Waals surface area contributed by atoms with Gasteiger partial charge >= 0.3 is 0 Å². The molecule has 0 aliphatic rings. The van der Waals surface area contributed by atoms with Crippen molar-refractivity contribution in [2.45, 2.75) is 12.8 Å². The number of aromatic hydroxyl groups is 1. The molecule has 4 aromatic rings. The molecular weight excluding hydrogens is 410 g/mol. The smallest absolute Gasteiger partial charge is 0.258 e. The highest BCUT2D eigenvalue weighted by Crippen LogP contribution is 2.23. The van der Waals surface area contributed by atoms with Gasteiger partial charge in [-0.25, -0.2) is 4.98 Å². The first kappa shape index (κ1) is 19.2. The number of pyridine rings is 1. The zero-order chi connectivity index (χ0) is 20.4. The Balaban J connectivity index is 1.45. The third kappa shape index (κ3) is 4.31. The first-order valence-corrected chi connectivity index (χ1v) is 10.0. The fraction of sp³-hybridized carbons (Fsp3) is 0.0952. The second-order valence-electron chi connectivity index (χ2n) is 6.41. The summed E-state index contributed by atoms with van der Waals surface area (Å²) in [6.07, 6.45) is 6.03. The average molecular weight is 426 g/mol. The summed E-state index contributed by atoms with van der Waals surface area (Å²) in [4.78, 5) is 29.2. The quantitative estimate of drug-likeness (QED) is 0.468. The highest BCUT2D eigenvalue weighted by atomic mass is 35.5. The normalized spacial score (nSPS) is 10.9. The van der Waals surface area contributed by atoms with Gasteiger partial charge in [-0.1, -0.05) is 11.6 Å². The number of carbonyl (C=O) groups excluding carboxylic acids is 1. The van der Waals surface area contributed by atoms with E-state index in [-0.39, 0.29) is 17.1 Å². The fourth-order valence-electron chi connectivity index (χ4n) is 2.93. The molecule has 1 aromatic carbocycles. The van der Waals surface area contributed by atoms with E-state index in [4.69, 9.17) is 11.6 Å². The molecular formula is C21H16ClN3O3S. The maximum absolute atomic E-state index is 12.2. The van der Waals surface area contributed by atoms with Crippen LogP contribution in [0.1, 0.15) is 21.8 Å². The molecule has 1 N–H and O–H groups in total. The third-order valence-electron chi connectivity index (χ3n) is 4.42. The van der Waals surface area contributed by atoms with Crippen molar-refractivity contribution in [3.8, 4) is 17.1 Å². The van der Waals surface area contributed by atoms with Crippen LogP contribution in [0.3, 0.4) is 0 Å². The van der Waals surface area contributed by atoms with Crippen molar-refractivity contribution in [3.63, 3.8) is 0 Å². The SMILES string of the molecule is O=C(CCc1cn(-c2ccc(-n3ccc(O)cc3=O)cc2)cn1)c1ccc(Cl)s1. The van der Waals surface area contributed by atoms with Crippen molar-refractivity contribution in [1.29, 1.82) is 0 Å². The number of hydrogen-bond acceptors (Lipinski definition) is 5. The molecule has 3 aromatic heterocycles. The highest BCUT2D eigenvalue weighted by Gasteiger charge is 2.10. The zero-order valence-electron chi connectivity index (χ0n) is 15.2. The molecule has 0 spiro atoms. The Labute approximate surface area is 175 Å². The third-order valence-corrected chi connectivity index (χ3v) is 5.69. The van der Waals surface area contributed by atoms with Crippen molar-refractivity contribution in [3.05, 3.63) is 92.5 Å². The first-order chi connectivity index (χ1) is 14.0. The van der Waals surface area contributed by atoms with Crippen LogP contribution in [0.25, 0.3) is 11.4 Å². The van der Waals surface area contributed by atoms with Gasteiger partial charge in [-0.15, -0.1) is 11.3 Å². The maximum Gasteiger partial charge on any atom is 0.258 e. The van der Waals surface area contributed by atoms with Gasteiger partial charge in [-0.3, -0.25) is 14.2 Å². The minimum Gasteiger partial charge on any atom is -0.508 e. The molecule has 3 heterocycles. The zero-order valence-corrected chi connectivity index (χ0v) is 16.7. The Morgan fingerprint density at radius 2 is 1.86 bits per heavy atom. The largest absolute Gasteiger partial charge is 0.508 e. The number of halogens is 1. The van der Waals surface area contributed by atoms with Crippen LogP contribution in [0.15, 0.2) is 72.0 Å². The molecule has 0 saturated heterocycles. The van der Waals surface area contributed by atoms with E-state index in [2.05, 4.69) is 4.98 Å². The second kappa shape index (κ2) is 8.06. The Morgan fingerprint density at radius 3 is 2.55 bits per heavy atom. The monoisotopic (exact) mass is 425 g/mol. The van der Waals surface area contributed by atoms with Crippen LogP contribution in [-0.2, 0) is 6.42 Å². The number of nitrogens with zero attached hydrogens (tertiary/aromatic N) is 3. The van der Waals surface area contributed by atoms with Gasteiger partial charge in [0.2, 0.25) is 0 Å². The van der Waals surface area contributed by atoms with Crippen LogP contribution in [0.5, 0.6) is 5.75 Å². The van der Waals surface area contributed by atoms with Gasteiger partial charge in [-0.05, 0) is 48.9 Å². The molecule has 0 atom stereocenters. The van der Waals surface area contributed by atoms with Crippen molar-refractivity contribution in [1.82, 2.24) is 14.1 Å². The van der Waals surface area contributed by atoms with E-state index >= 15 is 0 Å². The topological polar surface area (TPSA) is 77.1 Å². The standard InChI is InChI=1S/C21H16ClN3O3S/c22-20-8-7-19(29-20)18(27)6-1-14-12-24(13-23-14)15-2-4-16(5-3-15)25-10-9-17(26)11-21(25)28/h2-5,7-13,26H,1,6H2. The van der Waals surface area contributed by atoms with Gasteiger partial charge < -0.3 is 9.67 Å². The Hall–Kier alpha value is -3.16. The lowest BCUT2D eigenvalue weighted by atomic mass is 10.1. The maximum atomic E-state index is 12.2. The van der Waals surface area contributed by atoms with Crippen LogP contribution in [0.2, 0.25) is 4.34 Å². The summed E-state index contributed by atoms with van der Waals surface area (Å²) in [7, 11) is 0. The number of thiophene rings is 1. The van der Waals surface area contributed by atoms with Gasteiger partial charge in [-0.2, -0.15) is 0 Å². The van der Waals surface area contributed by atoms with E-state index in [0.29, 0.717) is 27.7 Å². The Kier molecular flexibility index (Phi) is 5.33. The highest BCUT2D eigenvalue weighted by molar-refractivity contribution is 7.18. The lowest BCUT2D eigenvalue weighted by Crippen LogP contribution is -2.15. The van der Waals surface area contributed by atoms with E-state index < -0.39 is 0 Å². The number of aryl methyl sites for hydroxylation is 1. The van der Waals surface area contributed by atoms with Gasteiger partial charge in [0, 0.05) is 36.3 Å². The summed E-state index contributed by atoms with van der Waals surface area (Å²) in [5.41, 5.74) is 2.09. The molecule has 0 aliphatic carbocycles. The molecule has 0 aliphatic heterocycles. The first-order valence-electron chi connectivity index (χ1n) is 8.83. The summed E-state index contributed by atoms with van der Waals surface area (Å²) in [6.45, 7) is 0. The number of hydrogen-bond donors (Lipinski definition) is 1. The van der Waals surface area contributed by atoms with Crippen LogP contribution >= 0.6 is 22.9 Å². The predicted octanol–water partition coefficient (Wildman–Crippen LogP) is 4.26. The number of aromatic nitrogens is 3. The van der Waals surface area contributed by atoms with Gasteiger partial charge in [0.05, 0.1) is 21.2 Å². The summed E-state index contributed by atoms with van der Waals surface area (Å²) >= 11 is 7.17. The number of rotatable bonds is 6. The van der Waals surface area contributed by atoms with Crippen molar-refractivity contribution in [2.24, 2.45) is 0 Å². The van der Waals surface area contributed by atoms with Crippen molar-refractivity contribution in [2.75, 3.05) is 0 Å². The Morgan fingerprint density at radius 1 is 1.10 bits per heavy atom. The molecule has 8 heteroatoms. The molecule has 0 unspecified atom stereocenters. The molecule has 6 nitrogen and oxygen atoms in total. The van der Waals surface area contributed by atoms with E-state index in [1.807, 2.05) is 35.0 Å². The minimum absolute atomic E-state index is 0.0557. The van der Waals surface area contributed by atoms with E-state index in [1.54, 1.807) is 18.5 Å². The molecule has 0 saturated carbocycles. The summed E-state index contributed by atoms with van der Waals surface area (Å²) in [6, 6.07) is 13.5. The lowest BCUT2D eigenvalue weighted by Gasteiger charge is -2.07. The summed E-state index contributed by atoms with van der Waals surface area (Å²) < 4.78 is 3.92.